The van der Waals surface area contributed by atoms with Crippen LogP contribution in [0.25, 0.3) is 0 Å². The highest BCUT2D eigenvalue weighted by atomic mass is 16.2. The summed E-state index contributed by atoms with van der Waals surface area (Å²) in [6.07, 6.45) is 3.99. The van der Waals surface area contributed by atoms with Gasteiger partial charge < -0.3 is 10.6 Å². The average Bonchev–Trinajstić information content (AvgIpc) is 3.38. The summed E-state index contributed by atoms with van der Waals surface area (Å²) in [6, 6.07) is 4.35. The summed E-state index contributed by atoms with van der Waals surface area (Å²) in [5, 5.41) is 10.5. The highest BCUT2D eigenvalue weighted by Crippen LogP contribution is 2.32. The molecule has 0 bridgehead atoms. The minimum Gasteiger partial charge on any atom is -0.369 e. The number of amides is 4. The standard InChI is InChI=1S/C21H23N7O4/c22-9-12-10-27(25-24-12)14-2-1-7-26(11-14)13-3-4-15-16(8-13)21(32)28(20(15)31)17-5-6-18(29)23-19(17)30/h3-4,8,10,14,17H,1-2,5-7,9,11,22H2,(H,23,29,30). The Kier molecular flexibility index (Phi) is 4.97. The first-order valence-electron chi connectivity index (χ1n) is 10.7. The molecule has 3 aliphatic heterocycles. The Morgan fingerprint density at radius 1 is 1.09 bits per heavy atom. The minimum atomic E-state index is -0.966. The molecule has 5 rings (SSSR count). The number of hydrogen-bond acceptors (Lipinski definition) is 8. The Morgan fingerprint density at radius 3 is 2.66 bits per heavy atom. The number of nitrogens with one attached hydrogen (secondary N) is 1. The molecule has 11 heteroatoms. The number of nitrogens with two attached hydrogens (primary N) is 1. The number of carbonyl (C=O) groups is 4. The lowest BCUT2D eigenvalue weighted by molar-refractivity contribution is -0.136. The van der Waals surface area contributed by atoms with Crippen LogP contribution in [0.4, 0.5) is 5.69 Å². The van der Waals surface area contributed by atoms with Gasteiger partial charge in [0, 0.05) is 31.7 Å². The van der Waals surface area contributed by atoms with E-state index in [1.807, 2.05) is 16.9 Å². The SMILES string of the molecule is NCc1cn(C2CCCN(c3ccc4c(c3)C(=O)N(C3CCC(=O)NC3=O)C4=O)C2)nn1. The maximum atomic E-state index is 13.1. The molecule has 2 saturated heterocycles. The number of imide groups is 2. The molecule has 2 aromatic rings. The molecule has 2 unspecified atom stereocenters. The minimum absolute atomic E-state index is 0.0956. The van der Waals surface area contributed by atoms with Gasteiger partial charge in [-0.2, -0.15) is 0 Å². The summed E-state index contributed by atoms with van der Waals surface area (Å²) in [7, 11) is 0. The van der Waals surface area contributed by atoms with Gasteiger partial charge in [-0.3, -0.25) is 29.4 Å². The van der Waals surface area contributed by atoms with Crippen LogP contribution in [-0.4, -0.2) is 62.7 Å². The lowest BCUT2D eigenvalue weighted by atomic mass is 10.0. The number of aromatic nitrogens is 3. The van der Waals surface area contributed by atoms with Crippen molar-refractivity contribution in [2.24, 2.45) is 5.73 Å². The van der Waals surface area contributed by atoms with Gasteiger partial charge in [-0.05, 0) is 37.5 Å². The van der Waals surface area contributed by atoms with Gasteiger partial charge in [0.15, 0.2) is 0 Å². The van der Waals surface area contributed by atoms with Gasteiger partial charge in [0.05, 0.1) is 29.1 Å². The number of hydrogen-bond donors (Lipinski definition) is 2. The summed E-state index contributed by atoms with van der Waals surface area (Å²) in [4.78, 5) is 52.8. The molecular weight excluding hydrogens is 414 g/mol. The summed E-state index contributed by atoms with van der Waals surface area (Å²) < 4.78 is 1.83. The van der Waals surface area contributed by atoms with Crippen LogP contribution in [0.1, 0.15) is 58.1 Å². The molecule has 1 aromatic carbocycles. The Balaban J connectivity index is 1.37. The van der Waals surface area contributed by atoms with E-state index in [-0.39, 0.29) is 30.0 Å². The van der Waals surface area contributed by atoms with E-state index in [0.29, 0.717) is 13.1 Å². The number of nitrogens with zero attached hydrogens (tertiary/aromatic N) is 5. The van der Waals surface area contributed by atoms with Gasteiger partial charge in [-0.25, -0.2) is 4.68 Å². The summed E-state index contributed by atoms with van der Waals surface area (Å²) in [5.74, 6) is -2.01. The molecule has 2 atom stereocenters. The lowest BCUT2D eigenvalue weighted by Gasteiger charge is -2.34. The quantitative estimate of drug-likeness (QED) is 0.635. The van der Waals surface area contributed by atoms with Crippen LogP contribution in [0, 0.1) is 0 Å². The predicted octanol–water partition coefficient (Wildman–Crippen LogP) is -0.0205. The highest BCUT2D eigenvalue weighted by molar-refractivity contribution is 6.23. The number of carbonyl (C=O) groups excluding carboxylic acids is 4. The van der Waals surface area contributed by atoms with Crippen molar-refractivity contribution in [3.63, 3.8) is 0 Å². The van der Waals surface area contributed by atoms with E-state index in [9.17, 15) is 19.2 Å². The number of anilines is 1. The van der Waals surface area contributed by atoms with E-state index in [4.69, 9.17) is 5.73 Å². The van der Waals surface area contributed by atoms with Gasteiger partial charge >= 0.3 is 0 Å². The zero-order chi connectivity index (χ0) is 22.4. The first kappa shape index (κ1) is 20.3. The van der Waals surface area contributed by atoms with Crippen LogP contribution in [0.2, 0.25) is 0 Å². The van der Waals surface area contributed by atoms with Crippen LogP contribution in [-0.2, 0) is 16.1 Å². The second-order valence-electron chi connectivity index (χ2n) is 8.31. The maximum Gasteiger partial charge on any atom is 0.262 e. The van der Waals surface area contributed by atoms with Crippen LogP contribution >= 0.6 is 0 Å². The Morgan fingerprint density at radius 2 is 1.91 bits per heavy atom. The highest BCUT2D eigenvalue weighted by Gasteiger charge is 2.44. The van der Waals surface area contributed by atoms with Crippen LogP contribution in [0.3, 0.4) is 0 Å². The van der Waals surface area contributed by atoms with E-state index < -0.39 is 29.7 Å². The van der Waals surface area contributed by atoms with E-state index in [1.54, 1.807) is 12.1 Å². The van der Waals surface area contributed by atoms with E-state index in [1.165, 1.54) is 0 Å². The van der Waals surface area contributed by atoms with E-state index >= 15 is 0 Å². The van der Waals surface area contributed by atoms with Crippen molar-refractivity contribution in [1.82, 2.24) is 25.2 Å². The molecule has 166 valence electrons. The first-order valence-corrected chi connectivity index (χ1v) is 10.7. The van der Waals surface area contributed by atoms with Crippen molar-refractivity contribution in [2.45, 2.75) is 44.3 Å². The number of piperidine rings is 2. The second-order valence-corrected chi connectivity index (χ2v) is 8.31. The van der Waals surface area contributed by atoms with E-state index in [2.05, 4.69) is 20.5 Å². The monoisotopic (exact) mass is 437 g/mol. The van der Waals surface area contributed by atoms with Gasteiger partial charge in [-0.1, -0.05) is 5.21 Å². The molecule has 1 aromatic heterocycles. The Bertz CT molecular complexity index is 1130. The fraction of sp³-hybridized carbons (Fsp3) is 0.429. The number of benzene rings is 1. The molecule has 0 radical (unpaired) electrons. The third kappa shape index (κ3) is 3.34. The van der Waals surface area contributed by atoms with E-state index in [0.717, 1.165) is 35.7 Å². The average molecular weight is 437 g/mol. The molecule has 3 N–H and O–H groups in total. The largest absolute Gasteiger partial charge is 0.369 e. The molecular formula is C21H23N7O4. The molecule has 32 heavy (non-hydrogen) atoms. The van der Waals surface area contributed by atoms with Gasteiger partial charge in [-0.15, -0.1) is 5.10 Å². The molecule has 0 saturated carbocycles. The first-order chi connectivity index (χ1) is 15.5. The van der Waals surface area contributed by atoms with Crippen molar-refractivity contribution < 1.29 is 19.2 Å². The molecule has 4 heterocycles. The second kappa shape index (κ2) is 7.83. The van der Waals surface area contributed by atoms with Crippen molar-refractivity contribution in [3.8, 4) is 0 Å². The van der Waals surface area contributed by atoms with Crippen LogP contribution < -0.4 is 16.0 Å². The van der Waals surface area contributed by atoms with Gasteiger partial charge in [0.1, 0.15) is 6.04 Å². The molecule has 0 spiro atoms. The van der Waals surface area contributed by atoms with Crippen molar-refractivity contribution in [3.05, 3.63) is 41.2 Å². The topological polar surface area (TPSA) is 144 Å². The molecule has 4 amide bonds. The Hall–Kier alpha value is -3.60. The fourth-order valence-electron chi connectivity index (χ4n) is 4.65. The Labute approximate surface area is 183 Å². The van der Waals surface area contributed by atoms with Gasteiger partial charge in [0.25, 0.3) is 11.8 Å². The summed E-state index contributed by atoms with van der Waals surface area (Å²) >= 11 is 0. The van der Waals surface area contributed by atoms with Gasteiger partial charge in [0.2, 0.25) is 11.8 Å². The number of rotatable bonds is 4. The molecule has 0 aliphatic carbocycles. The van der Waals surface area contributed by atoms with Crippen LogP contribution in [0.15, 0.2) is 24.4 Å². The van der Waals surface area contributed by atoms with Crippen LogP contribution in [0.5, 0.6) is 0 Å². The van der Waals surface area contributed by atoms with Crippen molar-refractivity contribution >= 4 is 29.3 Å². The summed E-state index contributed by atoms with van der Waals surface area (Å²) in [6.45, 7) is 1.83. The third-order valence-electron chi connectivity index (χ3n) is 6.33. The smallest absolute Gasteiger partial charge is 0.262 e. The van der Waals surface area contributed by atoms with Crippen molar-refractivity contribution in [2.75, 3.05) is 18.0 Å². The zero-order valence-electron chi connectivity index (χ0n) is 17.4. The molecule has 11 nitrogen and oxygen atoms in total. The third-order valence-corrected chi connectivity index (χ3v) is 6.33. The molecule has 2 fully saturated rings. The lowest BCUT2D eigenvalue weighted by Crippen LogP contribution is -2.54. The summed E-state index contributed by atoms with van der Waals surface area (Å²) in [5.41, 5.74) is 7.76. The zero-order valence-corrected chi connectivity index (χ0v) is 17.4. The fourth-order valence-corrected chi connectivity index (χ4v) is 4.65. The maximum absolute atomic E-state index is 13.1. The number of fused-ring (bicyclic) bond motifs is 1. The predicted molar refractivity (Wildman–Crippen MR) is 112 cm³/mol. The normalized spacial score (nSPS) is 23.5. The molecule has 3 aliphatic rings. The van der Waals surface area contributed by atoms with Crippen molar-refractivity contribution in [1.29, 1.82) is 0 Å².